The van der Waals surface area contributed by atoms with Crippen molar-refractivity contribution < 1.29 is 19.4 Å². The highest BCUT2D eigenvalue weighted by atomic mass is 32.1. The molecule has 0 amide bonds. The Morgan fingerprint density at radius 1 is 1.37 bits per heavy atom. The average Bonchev–Trinajstić information content (AvgIpc) is 2.81. The highest BCUT2D eigenvalue weighted by Gasteiger charge is 2.16. The van der Waals surface area contributed by atoms with Crippen LogP contribution in [0.5, 0.6) is 11.5 Å². The Morgan fingerprint density at radius 3 is 2.58 bits per heavy atom. The summed E-state index contributed by atoms with van der Waals surface area (Å²) >= 11 is 1.37. The highest BCUT2D eigenvalue weighted by Crippen LogP contribution is 2.39. The van der Waals surface area contributed by atoms with Crippen molar-refractivity contribution in [3.05, 3.63) is 12.1 Å². The second kappa shape index (κ2) is 5.31. The lowest BCUT2D eigenvalue weighted by atomic mass is 10.3. The van der Waals surface area contributed by atoms with Crippen molar-refractivity contribution in [1.82, 2.24) is 4.98 Å². The number of benzene rings is 1. The molecule has 0 fully saturated rings. The van der Waals surface area contributed by atoms with Gasteiger partial charge in [0.2, 0.25) is 0 Å². The molecule has 7 heteroatoms. The Labute approximate surface area is 114 Å². The van der Waals surface area contributed by atoms with Crippen molar-refractivity contribution in [3.8, 4) is 11.5 Å². The number of carboxylic acids is 1. The molecule has 0 aliphatic rings. The number of nitrogens with zero attached hydrogens (tertiary/aromatic N) is 2. The number of thiazole rings is 1. The first-order valence-corrected chi connectivity index (χ1v) is 6.33. The quantitative estimate of drug-likeness (QED) is 0.902. The Bertz CT molecular complexity index is 570. The van der Waals surface area contributed by atoms with Gasteiger partial charge in [-0.25, -0.2) is 4.98 Å². The van der Waals surface area contributed by atoms with Crippen LogP contribution in [0.1, 0.15) is 0 Å². The number of carbonyl (C=O) groups is 1. The van der Waals surface area contributed by atoms with Crippen molar-refractivity contribution in [1.29, 1.82) is 0 Å². The van der Waals surface area contributed by atoms with Gasteiger partial charge in [0, 0.05) is 7.05 Å². The van der Waals surface area contributed by atoms with Crippen LogP contribution in [0, 0.1) is 0 Å². The van der Waals surface area contributed by atoms with Crippen LogP contribution in [-0.4, -0.2) is 43.9 Å². The molecule has 1 aromatic carbocycles. The molecule has 0 radical (unpaired) electrons. The van der Waals surface area contributed by atoms with Gasteiger partial charge < -0.3 is 19.5 Å². The second-order valence-electron chi connectivity index (χ2n) is 3.89. The number of carboxylic acid groups (broad SMARTS) is 1. The molecule has 6 nitrogen and oxygen atoms in total. The van der Waals surface area contributed by atoms with E-state index in [-0.39, 0.29) is 6.54 Å². The van der Waals surface area contributed by atoms with E-state index in [2.05, 4.69) is 4.98 Å². The van der Waals surface area contributed by atoms with Gasteiger partial charge in [0.15, 0.2) is 5.13 Å². The number of ether oxygens (including phenoxy) is 2. The summed E-state index contributed by atoms with van der Waals surface area (Å²) in [5, 5.41) is 9.42. The van der Waals surface area contributed by atoms with Gasteiger partial charge in [-0.2, -0.15) is 0 Å². The molecule has 0 atom stereocenters. The maximum atomic E-state index is 10.7. The molecule has 0 aliphatic carbocycles. The zero-order chi connectivity index (χ0) is 14.0. The van der Waals surface area contributed by atoms with E-state index in [1.165, 1.54) is 11.3 Å². The van der Waals surface area contributed by atoms with Crippen LogP contribution in [0.15, 0.2) is 12.1 Å². The lowest BCUT2D eigenvalue weighted by molar-refractivity contribution is -0.135. The fraction of sp³-hybridized carbons (Fsp3) is 0.333. The molecule has 1 aromatic heterocycles. The van der Waals surface area contributed by atoms with Crippen molar-refractivity contribution in [2.24, 2.45) is 0 Å². The summed E-state index contributed by atoms with van der Waals surface area (Å²) in [5.41, 5.74) is 0.680. The fourth-order valence-electron chi connectivity index (χ4n) is 1.71. The van der Waals surface area contributed by atoms with Crippen molar-refractivity contribution >= 4 is 32.7 Å². The van der Waals surface area contributed by atoms with Crippen LogP contribution in [0.25, 0.3) is 10.2 Å². The number of aromatic nitrogens is 1. The summed E-state index contributed by atoms with van der Waals surface area (Å²) in [7, 11) is 4.84. The summed E-state index contributed by atoms with van der Waals surface area (Å²) in [6, 6.07) is 3.59. The van der Waals surface area contributed by atoms with Crippen molar-refractivity contribution in [2.75, 3.05) is 32.7 Å². The molecule has 0 aliphatic heterocycles. The standard InChI is InChI=1S/C12H14N2O4S/c1-14(6-9(15)16)12-13-10-7(17-2)4-5-8(18-3)11(10)19-12/h4-5H,6H2,1-3H3,(H,15,16). The fourth-order valence-corrected chi connectivity index (χ4v) is 2.74. The van der Waals surface area contributed by atoms with Gasteiger partial charge in [0.1, 0.15) is 28.3 Å². The number of hydrogen-bond acceptors (Lipinski definition) is 6. The van der Waals surface area contributed by atoms with E-state index in [1.807, 2.05) is 0 Å². The summed E-state index contributed by atoms with van der Waals surface area (Å²) in [6.45, 7) is -0.107. The number of fused-ring (bicyclic) bond motifs is 1. The Hall–Kier alpha value is -2.02. The minimum absolute atomic E-state index is 0.107. The van der Waals surface area contributed by atoms with E-state index in [0.717, 1.165) is 4.70 Å². The van der Waals surface area contributed by atoms with Crippen LogP contribution < -0.4 is 14.4 Å². The number of hydrogen-bond donors (Lipinski definition) is 1. The molecular formula is C12H14N2O4S. The summed E-state index contributed by atoms with van der Waals surface area (Å²) < 4.78 is 11.4. The zero-order valence-corrected chi connectivity index (χ0v) is 11.7. The van der Waals surface area contributed by atoms with Gasteiger partial charge in [-0.15, -0.1) is 0 Å². The molecule has 2 rings (SSSR count). The number of methoxy groups -OCH3 is 2. The predicted octanol–water partition coefficient (Wildman–Crippen LogP) is 1.83. The van der Waals surface area contributed by atoms with Crippen LogP contribution in [-0.2, 0) is 4.79 Å². The minimum Gasteiger partial charge on any atom is -0.495 e. The maximum absolute atomic E-state index is 10.7. The third-order valence-corrected chi connectivity index (χ3v) is 3.78. The Balaban J connectivity index is 2.51. The predicted molar refractivity (Wildman–Crippen MR) is 73.6 cm³/mol. The van der Waals surface area contributed by atoms with E-state index in [0.29, 0.717) is 22.1 Å². The van der Waals surface area contributed by atoms with E-state index in [4.69, 9.17) is 14.6 Å². The first-order valence-electron chi connectivity index (χ1n) is 5.51. The van der Waals surface area contributed by atoms with Gasteiger partial charge in [-0.3, -0.25) is 4.79 Å². The van der Waals surface area contributed by atoms with E-state index in [9.17, 15) is 4.79 Å². The molecule has 1 heterocycles. The molecule has 0 saturated heterocycles. The maximum Gasteiger partial charge on any atom is 0.323 e. The number of anilines is 1. The number of likely N-dealkylation sites (N-methyl/N-ethyl adjacent to an activating group) is 1. The van der Waals surface area contributed by atoms with Gasteiger partial charge >= 0.3 is 5.97 Å². The first kappa shape index (κ1) is 13.4. The molecule has 0 spiro atoms. The van der Waals surface area contributed by atoms with Crippen LogP contribution >= 0.6 is 11.3 Å². The van der Waals surface area contributed by atoms with Crippen molar-refractivity contribution in [2.45, 2.75) is 0 Å². The molecule has 19 heavy (non-hydrogen) atoms. The number of aliphatic carboxylic acids is 1. The highest BCUT2D eigenvalue weighted by molar-refractivity contribution is 7.22. The molecular weight excluding hydrogens is 268 g/mol. The molecule has 0 saturated carbocycles. The van der Waals surface area contributed by atoms with Gasteiger partial charge in [-0.05, 0) is 12.1 Å². The monoisotopic (exact) mass is 282 g/mol. The Kier molecular flexibility index (Phi) is 3.75. The van der Waals surface area contributed by atoms with E-state index < -0.39 is 5.97 Å². The third-order valence-electron chi connectivity index (χ3n) is 2.60. The minimum atomic E-state index is -0.902. The number of rotatable bonds is 5. The van der Waals surface area contributed by atoms with E-state index in [1.54, 1.807) is 38.3 Å². The topological polar surface area (TPSA) is 71.9 Å². The van der Waals surface area contributed by atoms with Crippen molar-refractivity contribution in [3.63, 3.8) is 0 Å². The lowest BCUT2D eigenvalue weighted by Crippen LogP contribution is -2.24. The molecule has 0 bridgehead atoms. The summed E-state index contributed by atoms with van der Waals surface area (Å²) in [4.78, 5) is 16.7. The first-order chi connectivity index (χ1) is 9.06. The van der Waals surface area contributed by atoms with E-state index >= 15 is 0 Å². The molecule has 1 N–H and O–H groups in total. The average molecular weight is 282 g/mol. The summed E-state index contributed by atoms with van der Waals surface area (Å²) in [6.07, 6.45) is 0. The SMILES string of the molecule is COc1ccc(OC)c2sc(N(C)CC(=O)O)nc12. The molecule has 2 aromatic rings. The Morgan fingerprint density at radius 2 is 2.00 bits per heavy atom. The molecule has 0 unspecified atom stereocenters. The largest absolute Gasteiger partial charge is 0.495 e. The van der Waals surface area contributed by atoms with Gasteiger partial charge in [0.05, 0.1) is 14.2 Å². The lowest BCUT2D eigenvalue weighted by Gasteiger charge is -2.11. The molecule has 102 valence electrons. The summed E-state index contributed by atoms with van der Waals surface area (Å²) in [5.74, 6) is 0.436. The van der Waals surface area contributed by atoms with Crippen LogP contribution in [0.2, 0.25) is 0 Å². The second-order valence-corrected chi connectivity index (χ2v) is 4.87. The zero-order valence-electron chi connectivity index (χ0n) is 10.8. The smallest absolute Gasteiger partial charge is 0.323 e. The van der Waals surface area contributed by atoms with Gasteiger partial charge in [-0.1, -0.05) is 11.3 Å². The van der Waals surface area contributed by atoms with Crippen LogP contribution in [0.3, 0.4) is 0 Å². The normalized spacial score (nSPS) is 10.5. The van der Waals surface area contributed by atoms with Gasteiger partial charge in [0.25, 0.3) is 0 Å². The third kappa shape index (κ3) is 2.55. The van der Waals surface area contributed by atoms with Crippen LogP contribution in [0.4, 0.5) is 5.13 Å².